The Morgan fingerprint density at radius 3 is 2.70 bits per heavy atom. The van der Waals surface area contributed by atoms with Crippen LogP contribution in [0.25, 0.3) is 0 Å². The smallest absolute Gasteiger partial charge is 0.355 e. The van der Waals surface area contributed by atoms with Gasteiger partial charge in [-0.1, -0.05) is 6.92 Å². The number of esters is 1. The lowest BCUT2D eigenvalue weighted by Gasteiger charge is -2.11. The van der Waals surface area contributed by atoms with Gasteiger partial charge in [-0.15, -0.1) is 0 Å². The number of carbonyl (C=O) groups excluding carboxylic acids is 2. The van der Waals surface area contributed by atoms with Gasteiger partial charge >= 0.3 is 5.97 Å². The molecule has 110 valence electrons. The van der Waals surface area contributed by atoms with Gasteiger partial charge in [0.1, 0.15) is 5.69 Å². The van der Waals surface area contributed by atoms with E-state index in [2.05, 4.69) is 5.32 Å². The van der Waals surface area contributed by atoms with Gasteiger partial charge in [-0.3, -0.25) is 14.9 Å². The number of aryl methyl sites for hydroxylation is 1. The molecule has 1 atom stereocenters. The third-order valence-electron chi connectivity index (χ3n) is 2.76. The van der Waals surface area contributed by atoms with Crippen molar-refractivity contribution in [3.8, 4) is 0 Å². The number of rotatable bonds is 6. The van der Waals surface area contributed by atoms with Crippen LogP contribution < -0.4 is 5.32 Å². The van der Waals surface area contributed by atoms with Crippen LogP contribution in [0.15, 0.2) is 12.3 Å². The normalized spacial score (nSPS) is 11.8. The monoisotopic (exact) mass is 283 g/mol. The first-order chi connectivity index (χ1) is 9.35. The van der Waals surface area contributed by atoms with E-state index in [-0.39, 0.29) is 17.4 Å². The number of hydrogen-bond donors (Lipinski definition) is 1. The molecule has 0 aliphatic heterocycles. The predicted octanol–water partition coefficient (Wildman–Crippen LogP) is 1.00. The van der Waals surface area contributed by atoms with Crippen molar-refractivity contribution in [1.82, 2.24) is 9.88 Å². The first-order valence-corrected chi connectivity index (χ1v) is 6.12. The standard InChI is InChI=1S/C12H17N3O5/c1-4-8(2)13-11(16)7-20-12(17)10-5-9(15(18)19)6-14(10)3/h5-6,8H,4,7H2,1-3H3,(H,13,16). The zero-order chi connectivity index (χ0) is 15.3. The molecule has 20 heavy (non-hydrogen) atoms. The maximum Gasteiger partial charge on any atom is 0.355 e. The summed E-state index contributed by atoms with van der Waals surface area (Å²) in [5.41, 5.74) is -0.184. The zero-order valence-corrected chi connectivity index (χ0v) is 11.6. The van der Waals surface area contributed by atoms with Gasteiger partial charge in [0.25, 0.3) is 11.6 Å². The Morgan fingerprint density at radius 2 is 2.20 bits per heavy atom. The van der Waals surface area contributed by atoms with Crippen molar-refractivity contribution in [1.29, 1.82) is 0 Å². The van der Waals surface area contributed by atoms with Crippen molar-refractivity contribution < 1.29 is 19.2 Å². The molecule has 1 heterocycles. The number of carbonyl (C=O) groups is 2. The number of nitro groups is 1. The van der Waals surface area contributed by atoms with Crippen molar-refractivity contribution in [3.63, 3.8) is 0 Å². The molecule has 1 amide bonds. The summed E-state index contributed by atoms with van der Waals surface area (Å²) < 4.78 is 6.10. The summed E-state index contributed by atoms with van der Waals surface area (Å²) in [5, 5.41) is 13.2. The summed E-state index contributed by atoms with van der Waals surface area (Å²) in [6, 6.07) is 1.10. The highest BCUT2D eigenvalue weighted by Crippen LogP contribution is 2.15. The van der Waals surface area contributed by atoms with Crippen LogP contribution in [-0.2, 0) is 16.6 Å². The fourth-order valence-corrected chi connectivity index (χ4v) is 1.47. The molecule has 1 aromatic rings. The van der Waals surface area contributed by atoms with E-state index in [0.29, 0.717) is 0 Å². The number of nitrogens with one attached hydrogen (secondary N) is 1. The second-order valence-electron chi connectivity index (χ2n) is 4.40. The quantitative estimate of drug-likeness (QED) is 0.476. The van der Waals surface area contributed by atoms with Gasteiger partial charge in [0.2, 0.25) is 0 Å². The fraction of sp³-hybridized carbons (Fsp3) is 0.500. The summed E-state index contributed by atoms with van der Waals surface area (Å²) in [7, 11) is 1.49. The minimum absolute atomic E-state index is 0.00248. The van der Waals surface area contributed by atoms with Crippen molar-refractivity contribution in [3.05, 3.63) is 28.1 Å². The molecule has 1 aromatic heterocycles. The van der Waals surface area contributed by atoms with Crippen LogP contribution in [-0.4, -0.2) is 34.0 Å². The van der Waals surface area contributed by atoms with Crippen LogP contribution in [0.4, 0.5) is 5.69 Å². The molecule has 0 aliphatic carbocycles. The summed E-state index contributed by atoms with van der Waals surface area (Å²) in [4.78, 5) is 33.1. The lowest BCUT2D eigenvalue weighted by molar-refractivity contribution is -0.384. The van der Waals surface area contributed by atoms with E-state index in [1.807, 2.05) is 13.8 Å². The molecule has 1 unspecified atom stereocenters. The van der Waals surface area contributed by atoms with Gasteiger partial charge < -0.3 is 14.6 Å². The molecular formula is C12H17N3O5. The molecule has 1 rings (SSSR count). The second-order valence-corrected chi connectivity index (χ2v) is 4.40. The lowest BCUT2D eigenvalue weighted by atomic mass is 10.2. The van der Waals surface area contributed by atoms with Gasteiger partial charge in [-0.25, -0.2) is 4.79 Å². The van der Waals surface area contributed by atoms with Crippen LogP contribution >= 0.6 is 0 Å². The highest BCUT2D eigenvalue weighted by atomic mass is 16.6. The maximum absolute atomic E-state index is 11.7. The molecule has 0 spiro atoms. The number of aromatic nitrogens is 1. The fourth-order valence-electron chi connectivity index (χ4n) is 1.47. The largest absolute Gasteiger partial charge is 0.451 e. The van der Waals surface area contributed by atoms with Crippen LogP contribution in [0.2, 0.25) is 0 Å². The molecular weight excluding hydrogens is 266 g/mol. The Bertz CT molecular complexity index is 523. The van der Waals surface area contributed by atoms with Crippen molar-refractivity contribution in [2.45, 2.75) is 26.3 Å². The van der Waals surface area contributed by atoms with E-state index in [4.69, 9.17) is 4.74 Å². The molecule has 0 bridgehead atoms. The number of amides is 1. The predicted molar refractivity (Wildman–Crippen MR) is 70.2 cm³/mol. The van der Waals surface area contributed by atoms with Crippen molar-refractivity contribution in [2.75, 3.05) is 6.61 Å². The lowest BCUT2D eigenvalue weighted by Crippen LogP contribution is -2.35. The Labute approximate surface area is 115 Å². The summed E-state index contributed by atoms with van der Waals surface area (Å²) in [6.07, 6.45) is 1.97. The molecule has 0 fully saturated rings. The minimum Gasteiger partial charge on any atom is -0.451 e. The minimum atomic E-state index is -0.778. The zero-order valence-electron chi connectivity index (χ0n) is 11.6. The molecule has 0 saturated carbocycles. The van der Waals surface area contributed by atoms with Gasteiger partial charge in [0, 0.05) is 19.2 Å². The number of ether oxygens (including phenoxy) is 1. The van der Waals surface area contributed by atoms with Crippen LogP contribution in [0.3, 0.4) is 0 Å². The van der Waals surface area contributed by atoms with E-state index in [9.17, 15) is 19.7 Å². The molecule has 8 heteroatoms. The highest BCUT2D eigenvalue weighted by Gasteiger charge is 2.19. The van der Waals surface area contributed by atoms with Gasteiger partial charge in [0.15, 0.2) is 6.61 Å². The van der Waals surface area contributed by atoms with E-state index in [0.717, 1.165) is 12.5 Å². The first-order valence-electron chi connectivity index (χ1n) is 6.12. The molecule has 8 nitrogen and oxygen atoms in total. The summed E-state index contributed by atoms with van der Waals surface area (Å²) in [5.74, 6) is -1.18. The third-order valence-corrected chi connectivity index (χ3v) is 2.76. The molecule has 0 radical (unpaired) electrons. The SMILES string of the molecule is CCC(C)NC(=O)COC(=O)c1cc([N+](=O)[O-])cn1C. The van der Waals surface area contributed by atoms with Gasteiger partial charge in [0.05, 0.1) is 11.1 Å². The van der Waals surface area contributed by atoms with E-state index >= 15 is 0 Å². The van der Waals surface area contributed by atoms with Crippen molar-refractivity contribution in [2.24, 2.45) is 7.05 Å². The highest BCUT2D eigenvalue weighted by molar-refractivity contribution is 5.90. The van der Waals surface area contributed by atoms with E-state index < -0.39 is 23.4 Å². The Morgan fingerprint density at radius 1 is 1.55 bits per heavy atom. The van der Waals surface area contributed by atoms with E-state index in [1.54, 1.807) is 0 Å². The number of nitrogens with zero attached hydrogens (tertiary/aromatic N) is 2. The average molecular weight is 283 g/mol. The summed E-state index contributed by atoms with van der Waals surface area (Å²) >= 11 is 0. The molecule has 0 aromatic carbocycles. The topological polar surface area (TPSA) is 103 Å². The Hall–Kier alpha value is -2.38. The summed E-state index contributed by atoms with van der Waals surface area (Å²) in [6.45, 7) is 3.34. The number of hydrogen-bond acceptors (Lipinski definition) is 5. The van der Waals surface area contributed by atoms with E-state index in [1.165, 1.54) is 17.8 Å². The van der Waals surface area contributed by atoms with Crippen LogP contribution in [0, 0.1) is 10.1 Å². The Kier molecular flexibility index (Phi) is 5.24. The van der Waals surface area contributed by atoms with Gasteiger partial charge in [-0.2, -0.15) is 0 Å². The Balaban J connectivity index is 2.59. The third kappa shape index (κ3) is 4.08. The molecule has 0 aliphatic rings. The maximum atomic E-state index is 11.7. The molecule has 1 N–H and O–H groups in total. The first kappa shape index (κ1) is 15.7. The van der Waals surface area contributed by atoms with Crippen LogP contribution in [0.1, 0.15) is 30.8 Å². The average Bonchev–Trinajstić information content (AvgIpc) is 2.78. The van der Waals surface area contributed by atoms with Crippen LogP contribution in [0.5, 0.6) is 0 Å². The van der Waals surface area contributed by atoms with Crippen molar-refractivity contribution >= 4 is 17.6 Å². The molecule has 0 saturated heterocycles. The second kappa shape index (κ2) is 6.69. The van der Waals surface area contributed by atoms with Gasteiger partial charge in [-0.05, 0) is 13.3 Å².